The third-order valence-electron chi connectivity index (χ3n) is 4.58. The van der Waals surface area contributed by atoms with Crippen LogP contribution >= 0.6 is 0 Å². The number of allylic oxidation sites excluding steroid dienone is 1. The van der Waals surface area contributed by atoms with Gasteiger partial charge in [0.2, 0.25) is 0 Å². The van der Waals surface area contributed by atoms with Crippen LogP contribution in [0.5, 0.6) is 0 Å². The lowest BCUT2D eigenvalue weighted by Gasteiger charge is -2.17. The monoisotopic (exact) mass is 346 g/mol. The Hall–Kier alpha value is -3.18. The molecule has 0 saturated carbocycles. The van der Waals surface area contributed by atoms with Gasteiger partial charge >= 0.3 is 0 Å². The van der Waals surface area contributed by atoms with Crippen LogP contribution in [0.3, 0.4) is 0 Å². The lowest BCUT2D eigenvalue weighted by atomic mass is 9.97. The standard InChI is InChI=1S/C21H18N2O3/c24-11-3-6-19(25)14-8-9-17-15(12-14)20(21(26)23-17)18-10-7-13-4-1-2-5-16(13)22-18/h1-2,4-5,7-10,12,22,24H,3,6,11H2,(H,23,26)/b20-18-. The number of nitrogens with one attached hydrogen (secondary N) is 2. The number of amides is 1. The highest BCUT2D eigenvalue weighted by Gasteiger charge is 2.28. The first-order chi connectivity index (χ1) is 12.7. The van der Waals surface area contributed by atoms with Crippen molar-refractivity contribution in [2.24, 2.45) is 0 Å². The first kappa shape index (κ1) is 16.3. The van der Waals surface area contributed by atoms with Gasteiger partial charge in [0, 0.05) is 35.5 Å². The predicted molar refractivity (Wildman–Crippen MR) is 102 cm³/mol. The van der Waals surface area contributed by atoms with Crippen molar-refractivity contribution in [3.05, 3.63) is 70.9 Å². The van der Waals surface area contributed by atoms with Crippen LogP contribution in [0.4, 0.5) is 11.4 Å². The molecule has 5 nitrogen and oxygen atoms in total. The number of ketones is 1. The molecule has 2 aromatic carbocycles. The van der Waals surface area contributed by atoms with E-state index in [1.54, 1.807) is 18.2 Å². The molecule has 0 fully saturated rings. The molecule has 2 aliphatic rings. The van der Waals surface area contributed by atoms with Crippen molar-refractivity contribution in [1.29, 1.82) is 0 Å². The molecular formula is C21H18N2O3. The number of anilines is 2. The van der Waals surface area contributed by atoms with E-state index in [0.717, 1.165) is 16.8 Å². The number of rotatable bonds is 4. The van der Waals surface area contributed by atoms with Crippen molar-refractivity contribution in [2.75, 3.05) is 17.2 Å². The van der Waals surface area contributed by atoms with Crippen LogP contribution in [0, 0.1) is 0 Å². The Morgan fingerprint density at radius 2 is 1.85 bits per heavy atom. The molecule has 5 heteroatoms. The molecule has 2 aromatic rings. The molecule has 0 spiro atoms. The van der Waals surface area contributed by atoms with Crippen molar-refractivity contribution >= 4 is 34.7 Å². The number of para-hydroxylation sites is 1. The maximum absolute atomic E-state index is 12.5. The van der Waals surface area contributed by atoms with Gasteiger partial charge in [0.05, 0.1) is 11.3 Å². The smallest absolute Gasteiger partial charge is 0.258 e. The Morgan fingerprint density at radius 3 is 2.69 bits per heavy atom. The van der Waals surface area contributed by atoms with Gasteiger partial charge in [-0.3, -0.25) is 9.59 Å². The fourth-order valence-electron chi connectivity index (χ4n) is 3.25. The maximum atomic E-state index is 12.5. The normalized spacial score (nSPS) is 17.3. The van der Waals surface area contributed by atoms with Gasteiger partial charge in [-0.05, 0) is 42.3 Å². The number of benzene rings is 2. The molecule has 0 atom stereocenters. The lowest BCUT2D eigenvalue weighted by Crippen LogP contribution is -2.11. The largest absolute Gasteiger partial charge is 0.396 e. The number of hydrogen-bond acceptors (Lipinski definition) is 4. The topological polar surface area (TPSA) is 78.4 Å². The van der Waals surface area contributed by atoms with Gasteiger partial charge < -0.3 is 15.7 Å². The van der Waals surface area contributed by atoms with E-state index in [1.165, 1.54) is 0 Å². The number of aliphatic hydroxyl groups excluding tert-OH is 1. The third-order valence-corrected chi connectivity index (χ3v) is 4.58. The number of hydrogen-bond donors (Lipinski definition) is 3. The Kier molecular flexibility index (Phi) is 4.14. The highest BCUT2D eigenvalue weighted by atomic mass is 16.3. The minimum atomic E-state index is -0.188. The molecule has 1 amide bonds. The molecule has 26 heavy (non-hydrogen) atoms. The summed E-state index contributed by atoms with van der Waals surface area (Å²) in [6.07, 6.45) is 4.57. The van der Waals surface area contributed by atoms with Gasteiger partial charge in [0.25, 0.3) is 5.91 Å². The van der Waals surface area contributed by atoms with E-state index in [1.807, 2.05) is 36.4 Å². The second-order valence-corrected chi connectivity index (χ2v) is 6.30. The maximum Gasteiger partial charge on any atom is 0.258 e. The van der Waals surface area contributed by atoms with Crippen LogP contribution in [-0.4, -0.2) is 23.4 Å². The zero-order valence-corrected chi connectivity index (χ0v) is 14.1. The van der Waals surface area contributed by atoms with Crippen molar-refractivity contribution in [3.63, 3.8) is 0 Å². The molecule has 4 rings (SSSR count). The molecule has 2 heterocycles. The molecule has 3 N–H and O–H groups in total. The number of carbonyl (C=O) groups is 2. The van der Waals surface area contributed by atoms with Crippen LogP contribution in [0.25, 0.3) is 11.6 Å². The van der Waals surface area contributed by atoms with Crippen LogP contribution in [0.2, 0.25) is 0 Å². The zero-order chi connectivity index (χ0) is 18.1. The minimum absolute atomic E-state index is 0.0137. The van der Waals surface area contributed by atoms with Crippen LogP contribution in [-0.2, 0) is 4.79 Å². The second-order valence-electron chi connectivity index (χ2n) is 6.30. The summed E-state index contributed by atoms with van der Waals surface area (Å²) in [6.45, 7) is -0.0137. The summed E-state index contributed by atoms with van der Waals surface area (Å²) in [5.41, 5.74) is 5.20. The molecule has 0 saturated heterocycles. The van der Waals surface area contributed by atoms with Crippen molar-refractivity contribution in [3.8, 4) is 0 Å². The fourth-order valence-corrected chi connectivity index (χ4v) is 3.25. The fraction of sp³-hybridized carbons (Fsp3) is 0.143. The van der Waals surface area contributed by atoms with Crippen LogP contribution < -0.4 is 10.6 Å². The van der Waals surface area contributed by atoms with E-state index in [2.05, 4.69) is 10.6 Å². The van der Waals surface area contributed by atoms with E-state index >= 15 is 0 Å². The molecule has 0 unspecified atom stereocenters. The molecule has 130 valence electrons. The summed E-state index contributed by atoms with van der Waals surface area (Å²) in [4.78, 5) is 24.8. The van der Waals surface area contributed by atoms with Gasteiger partial charge in [-0.1, -0.05) is 24.3 Å². The highest BCUT2D eigenvalue weighted by Crippen LogP contribution is 2.37. The molecule has 0 bridgehead atoms. The quantitative estimate of drug-likeness (QED) is 0.585. The first-order valence-corrected chi connectivity index (χ1v) is 8.55. The van der Waals surface area contributed by atoms with E-state index in [0.29, 0.717) is 28.9 Å². The molecule has 0 aliphatic carbocycles. The summed E-state index contributed by atoms with van der Waals surface area (Å²) in [7, 11) is 0. The molecule has 2 aliphatic heterocycles. The van der Waals surface area contributed by atoms with E-state index in [9.17, 15) is 9.59 Å². The minimum Gasteiger partial charge on any atom is -0.396 e. The van der Waals surface area contributed by atoms with Crippen molar-refractivity contribution in [1.82, 2.24) is 0 Å². The van der Waals surface area contributed by atoms with E-state index in [-0.39, 0.29) is 24.7 Å². The Labute approximate surface area is 151 Å². The summed E-state index contributed by atoms with van der Waals surface area (Å²) in [5, 5.41) is 15.1. The SMILES string of the molecule is O=C1Nc2ccc(C(=O)CCCO)cc2/C1=C1\C=Cc2ccccc2N1. The first-order valence-electron chi connectivity index (χ1n) is 8.55. The second kappa shape index (κ2) is 6.61. The number of fused-ring (bicyclic) bond motifs is 2. The van der Waals surface area contributed by atoms with E-state index in [4.69, 9.17) is 5.11 Å². The van der Waals surface area contributed by atoms with Crippen LogP contribution in [0.15, 0.2) is 54.2 Å². The average molecular weight is 346 g/mol. The number of aliphatic hydroxyl groups is 1. The van der Waals surface area contributed by atoms with Crippen LogP contribution in [0.1, 0.15) is 34.3 Å². The van der Waals surface area contributed by atoms with Gasteiger partial charge in [0.15, 0.2) is 5.78 Å². The van der Waals surface area contributed by atoms with Crippen molar-refractivity contribution in [2.45, 2.75) is 12.8 Å². The number of Topliss-reactive ketones (excluding diaryl/α,β-unsaturated/α-hetero) is 1. The summed E-state index contributed by atoms with van der Waals surface area (Å²) < 4.78 is 0. The molecule has 0 radical (unpaired) electrons. The van der Waals surface area contributed by atoms with Gasteiger partial charge in [0.1, 0.15) is 0 Å². The van der Waals surface area contributed by atoms with Crippen molar-refractivity contribution < 1.29 is 14.7 Å². The van der Waals surface area contributed by atoms with Gasteiger partial charge in [-0.25, -0.2) is 0 Å². The summed E-state index contributed by atoms with van der Waals surface area (Å²) >= 11 is 0. The average Bonchev–Trinajstić information content (AvgIpc) is 3.00. The zero-order valence-electron chi connectivity index (χ0n) is 14.1. The lowest BCUT2D eigenvalue weighted by molar-refractivity contribution is -0.110. The van der Waals surface area contributed by atoms with Gasteiger partial charge in [-0.15, -0.1) is 0 Å². The number of carbonyl (C=O) groups excluding carboxylic acids is 2. The molecule has 0 aromatic heterocycles. The highest BCUT2D eigenvalue weighted by molar-refractivity contribution is 6.33. The predicted octanol–water partition coefficient (Wildman–Crippen LogP) is 3.44. The Bertz CT molecular complexity index is 973. The van der Waals surface area contributed by atoms with E-state index < -0.39 is 0 Å². The Balaban J connectivity index is 1.74. The summed E-state index contributed by atoms with van der Waals surface area (Å²) in [6, 6.07) is 13.1. The van der Waals surface area contributed by atoms with Gasteiger partial charge in [-0.2, -0.15) is 0 Å². The molecular weight excluding hydrogens is 328 g/mol. The third kappa shape index (κ3) is 2.82. The Morgan fingerprint density at radius 1 is 1.00 bits per heavy atom. The summed E-state index contributed by atoms with van der Waals surface area (Å²) in [5.74, 6) is -0.227.